The van der Waals surface area contributed by atoms with Gasteiger partial charge in [0.1, 0.15) is 11.2 Å². The molecule has 0 unspecified atom stereocenters. The number of furan rings is 1. The Morgan fingerprint density at radius 3 is 1.70 bits per heavy atom. The molecule has 0 fully saturated rings. The van der Waals surface area contributed by atoms with E-state index >= 15 is 0 Å². The minimum Gasteiger partial charge on any atom is -0.456 e. The highest BCUT2D eigenvalue weighted by molar-refractivity contribution is 6.06. The molecule has 220 valence electrons. The summed E-state index contributed by atoms with van der Waals surface area (Å²) in [5, 5.41) is 2.08. The van der Waals surface area contributed by atoms with Crippen LogP contribution >= 0.6 is 0 Å². The highest BCUT2D eigenvalue weighted by Gasteiger charge is 2.16. The average Bonchev–Trinajstić information content (AvgIpc) is 3.63. The Kier molecular flexibility index (Phi) is 4.91. The van der Waals surface area contributed by atoms with Gasteiger partial charge in [-0.3, -0.25) is 0 Å². The molecule has 0 aliphatic rings. The molecule has 0 saturated carbocycles. The van der Waals surface area contributed by atoms with Gasteiger partial charge in [-0.25, -0.2) is 15.0 Å². The number of hydrogen-bond acceptors (Lipinski definition) is 4. The largest absolute Gasteiger partial charge is 0.456 e. The minimum atomic E-state index is -0.471. The molecule has 0 atom stereocenters. The van der Waals surface area contributed by atoms with E-state index in [0.29, 0.717) is 28.6 Å². The predicted octanol–water partition coefficient (Wildman–Crippen LogP) is 11.3. The van der Waals surface area contributed by atoms with E-state index in [1.54, 1.807) is 24.3 Å². The Hall–Kier alpha value is -6.39. The Morgan fingerprint density at radius 2 is 0.957 bits per heavy atom. The number of aromatic nitrogens is 3. The molecule has 47 heavy (non-hydrogen) atoms. The number of para-hydroxylation sites is 1. The fourth-order valence-electron chi connectivity index (χ4n) is 5.94. The van der Waals surface area contributed by atoms with Gasteiger partial charge in [-0.05, 0) is 51.2 Å². The monoisotopic (exact) mass is 608 g/mol. The number of hydrogen-bond donors (Lipinski definition) is 0. The first-order chi connectivity index (χ1) is 26.2. The summed E-state index contributed by atoms with van der Waals surface area (Å²) in [7, 11) is 0. The van der Waals surface area contributed by atoms with Crippen molar-refractivity contribution in [3.63, 3.8) is 0 Å². The van der Waals surface area contributed by atoms with E-state index < -0.39 is 18.1 Å². The minimum absolute atomic E-state index is 0.00718. The zero-order chi connectivity index (χ0) is 37.2. The molecule has 0 saturated heterocycles. The maximum absolute atomic E-state index is 9.05. The van der Waals surface area contributed by atoms with E-state index in [2.05, 4.69) is 30.3 Å². The summed E-state index contributed by atoms with van der Waals surface area (Å²) in [4.78, 5) is 14.8. The average molecular weight is 609 g/mol. The lowest BCUT2D eigenvalue weighted by Crippen LogP contribution is -2.00. The Morgan fingerprint density at radius 1 is 0.383 bits per heavy atom. The van der Waals surface area contributed by atoms with Crippen LogP contribution in [0.5, 0.6) is 0 Å². The Bertz CT molecular complexity index is 2950. The van der Waals surface area contributed by atoms with Crippen molar-refractivity contribution in [1.29, 1.82) is 0 Å². The molecule has 0 aliphatic heterocycles. The lowest BCUT2D eigenvalue weighted by molar-refractivity contribution is 0.669. The summed E-state index contributed by atoms with van der Waals surface area (Å²) < 4.78 is 65.6. The standard InChI is InChI=1S/C43H27N3O/c1-3-11-29(12-4-1)33-16-9-18-35-34(33)17-10-19-38(35)43-45-41(30-13-5-2-6-14-30)44-42(46-43)31-23-21-28(22-24-31)32-25-26-37-36-15-7-8-20-39(36)47-40(37)27-32/h1-27H/i7D,8D,15D,20D,25D,26D,27D. The van der Waals surface area contributed by atoms with Gasteiger partial charge >= 0.3 is 0 Å². The fraction of sp³-hybridized carbons (Fsp3) is 0. The van der Waals surface area contributed by atoms with E-state index in [4.69, 9.17) is 29.0 Å². The van der Waals surface area contributed by atoms with Crippen LogP contribution in [0.3, 0.4) is 0 Å². The Balaban J connectivity index is 1.19. The molecule has 4 nitrogen and oxygen atoms in total. The van der Waals surface area contributed by atoms with Gasteiger partial charge in [0, 0.05) is 27.5 Å². The maximum atomic E-state index is 9.05. The van der Waals surface area contributed by atoms with Crippen molar-refractivity contribution in [2.75, 3.05) is 0 Å². The maximum Gasteiger partial charge on any atom is 0.164 e. The zero-order valence-corrected chi connectivity index (χ0v) is 24.8. The van der Waals surface area contributed by atoms with Crippen LogP contribution in [0.15, 0.2) is 168 Å². The van der Waals surface area contributed by atoms with Crippen LogP contribution in [-0.2, 0) is 0 Å². The third-order valence-corrected chi connectivity index (χ3v) is 8.23. The fourth-order valence-corrected chi connectivity index (χ4v) is 5.94. The summed E-state index contributed by atoms with van der Waals surface area (Å²) in [6.07, 6.45) is 0. The zero-order valence-electron chi connectivity index (χ0n) is 31.8. The molecule has 0 spiro atoms. The molecule has 0 radical (unpaired) electrons. The van der Waals surface area contributed by atoms with Gasteiger partial charge in [0.05, 0.1) is 9.60 Å². The highest BCUT2D eigenvalue weighted by atomic mass is 16.3. The predicted molar refractivity (Wildman–Crippen MR) is 192 cm³/mol. The van der Waals surface area contributed by atoms with Crippen molar-refractivity contribution in [2.45, 2.75) is 0 Å². The second kappa shape index (κ2) is 11.2. The van der Waals surface area contributed by atoms with Crippen LogP contribution in [0.2, 0.25) is 0 Å². The van der Waals surface area contributed by atoms with Crippen LogP contribution in [0.1, 0.15) is 9.60 Å². The van der Waals surface area contributed by atoms with Gasteiger partial charge in [0.15, 0.2) is 17.5 Å². The van der Waals surface area contributed by atoms with Gasteiger partial charge in [0.25, 0.3) is 0 Å². The van der Waals surface area contributed by atoms with E-state index in [-0.39, 0.29) is 51.7 Å². The summed E-state index contributed by atoms with van der Waals surface area (Å²) in [5.41, 5.74) is 4.95. The molecule has 0 bridgehead atoms. The van der Waals surface area contributed by atoms with Crippen LogP contribution in [0.25, 0.3) is 89.1 Å². The third-order valence-electron chi connectivity index (χ3n) is 8.23. The van der Waals surface area contributed by atoms with Crippen LogP contribution in [0, 0.1) is 0 Å². The molecular formula is C43H27N3O. The second-order valence-corrected chi connectivity index (χ2v) is 11.1. The first kappa shape index (κ1) is 20.6. The first-order valence-corrected chi connectivity index (χ1v) is 15.1. The molecule has 9 aromatic rings. The van der Waals surface area contributed by atoms with E-state index in [1.165, 1.54) is 0 Å². The van der Waals surface area contributed by atoms with Crippen LogP contribution < -0.4 is 0 Å². The van der Waals surface area contributed by atoms with E-state index in [1.807, 2.05) is 66.7 Å². The summed E-state index contributed by atoms with van der Waals surface area (Å²) >= 11 is 0. The normalized spacial score (nSPS) is 13.5. The molecule has 9 rings (SSSR count). The number of benzene rings is 7. The second-order valence-electron chi connectivity index (χ2n) is 11.1. The molecule has 4 heteroatoms. The van der Waals surface area contributed by atoms with Crippen molar-refractivity contribution >= 4 is 32.7 Å². The number of fused-ring (bicyclic) bond motifs is 4. The van der Waals surface area contributed by atoms with Gasteiger partial charge < -0.3 is 4.42 Å². The van der Waals surface area contributed by atoms with E-state index in [0.717, 1.165) is 33.0 Å². The van der Waals surface area contributed by atoms with Crippen molar-refractivity contribution in [1.82, 2.24) is 15.0 Å². The topological polar surface area (TPSA) is 51.8 Å². The van der Waals surface area contributed by atoms with Crippen molar-refractivity contribution in [2.24, 2.45) is 0 Å². The SMILES string of the molecule is [2H]c1c([2H])c([2H])c2c(oc3c([2H])c(-c4ccc(-c5nc(-c6ccccc6)nc(-c6cccc7c(-c8ccccc8)cccc67)n5)cc4)c([2H])c([2H])c32)c1[2H]. The van der Waals surface area contributed by atoms with Gasteiger partial charge in [0.2, 0.25) is 0 Å². The molecule has 0 aliphatic carbocycles. The molecule has 2 aromatic heterocycles. The van der Waals surface area contributed by atoms with Gasteiger partial charge in [-0.15, -0.1) is 0 Å². The van der Waals surface area contributed by atoms with E-state index in [9.17, 15) is 0 Å². The highest BCUT2D eigenvalue weighted by Crippen LogP contribution is 2.36. The van der Waals surface area contributed by atoms with Gasteiger partial charge in [-0.1, -0.05) is 145 Å². The molecule has 0 amide bonds. The molecule has 2 heterocycles. The van der Waals surface area contributed by atoms with Crippen LogP contribution in [0.4, 0.5) is 0 Å². The lowest BCUT2D eigenvalue weighted by atomic mass is 9.95. The molecule has 0 N–H and O–H groups in total. The smallest absolute Gasteiger partial charge is 0.164 e. The third kappa shape index (κ3) is 4.84. The number of nitrogens with zero attached hydrogens (tertiary/aromatic N) is 3. The van der Waals surface area contributed by atoms with Gasteiger partial charge in [-0.2, -0.15) is 0 Å². The molecular weight excluding hydrogens is 574 g/mol. The van der Waals surface area contributed by atoms with Crippen molar-refractivity contribution in [3.8, 4) is 56.4 Å². The summed E-state index contributed by atoms with van der Waals surface area (Å²) in [5.74, 6) is 1.43. The molecule has 7 aromatic carbocycles. The van der Waals surface area contributed by atoms with Crippen LogP contribution in [-0.4, -0.2) is 15.0 Å². The first-order valence-electron chi connectivity index (χ1n) is 18.6. The van der Waals surface area contributed by atoms with Crippen molar-refractivity contribution in [3.05, 3.63) is 164 Å². The summed E-state index contributed by atoms with van der Waals surface area (Å²) in [6.45, 7) is 0. The quantitative estimate of drug-likeness (QED) is 0.195. The lowest BCUT2D eigenvalue weighted by Gasteiger charge is -2.12. The van der Waals surface area contributed by atoms with Crippen molar-refractivity contribution < 1.29 is 14.0 Å². The summed E-state index contributed by atoms with van der Waals surface area (Å²) in [6, 6.07) is 36.9. The number of rotatable bonds is 5. The Labute approximate surface area is 281 Å².